The first-order valence-electron chi connectivity index (χ1n) is 5.99. The number of hydrogen-bond acceptors (Lipinski definition) is 3. The second kappa shape index (κ2) is 4.78. The minimum absolute atomic E-state index is 0.00541. The maximum absolute atomic E-state index is 11.6. The summed E-state index contributed by atoms with van der Waals surface area (Å²) >= 11 is 0. The average Bonchev–Trinajstić information content (AvgIpc) is 3.06. The molecule has 1 aromatic rings. The Kier molecular flexibility index (Phi) is 3.39. The van der Waals surface area contributed by atoms with E-state index in [2.05, 4.69) is 17.3 Å². The molecule has 1 heterocycles. The molecule has 16 heavy (non-hydrogen) atoms. The van der Waals surface area contributed by atoms with Gasteiger partial charge in [0.1, 0.15) is 0 Å². The van der Waals surface area contributed by atoms with E-state index in [0.717, 1.165) is 18.2 Å². The van der Waals surface area contributed by atoms with Crippen molar-refractivity contribution >= 4 is 0 Å². The Bertz CT molecular complexity index is 409. The second-order valence-electron chi connectivity index (χ2n) is 4.50. The first-order chi connectivity index (χ1) is 7.70. The van der Waals surface area contributed by atoms with Crippen LogP contribution in [0.3, 0.4) is 0 Å². The van der Waals surface area contributed by atoms with Crippen LogP contribution in [0, 0.1) is 12.8 Å². The lowest BCUT2D eigenvalue weighted by Gasteiger charge is -2.17. The summed E-state index contributed by atoms with van der Waals surface area (Å²) in [5.41, 5.74) is 0.889. The molecule has 88 valence electrons. The average molecular weight is 221 g/mol. The third-order valence-corrected chi connectivity index (χ3v) is 3.03. The number of rotatable bonds is 5. The van der Waals surface area contributed by atoms with E-state index in [1.807, 2.05) is 6.92 Å². The monoisotopic (exact) mass is 221 g/mol. The normalized spacial score (nSPS) is 17.4. The van der Waals surface area contributed by atoms with Crippen LogP contribution >= 0.6 is 0 Å². The van der Waals surface area contributed by atoms with Gasteiger partial charge in [-0.3, -0.25) is 4.79 Å². The SMILES string of the molecule is CCNC(Cn1nc(C)ccc1=O)C1CC1. The van der Waals surface area contributed by atoms with Crippen LogP contribution in [-0.2, 0) is 6.54 Å². The Morgan fingerprint density at radius 2 is 2.31 bits per heavy atom. The predicted octanol–water partition coefficient (Wildman–Crippen LogP) is 0.940. The summed E-state index contributed by atoms with van der Waals surface area (Å²) in [6.07, 6.45) is 2.55. The van der Waals surface area contributed by atoms with Gasteiger partial charge in [-0.1, -0.05) is 6.92 Å². The van der Waals surface area contributed by atoms with Crippen LogP contribution in [0.1, 0.15) is 25.5 Å². The number of aryl methyl sites for hydroxylation is 1. The summed E-state index contributed by atoms with van der Waals surface area (Å²) in [6.45, 7) is 5.65. The van der Waals surface area contributed by atoms with Crippen LogP contribution in [0.5, 0.6) is 0 Å². The van der Waals surface area contributed by atoms with Gasteiger partial charge in [-0.25, -0.2) is 4.68 Å². The smallest absolute Gasteiger partial charge is 0.266 e. The highest BCUT2D eigenvalue weighted by atomic mass is 16.1. The second-order valence-corrected chi connectivity index (χ2v) is 4.50. The highest BCUT2D eigenvalue weighted by Crippen LogP contribution is 2.33. The lowest BCUT2D eigenvalue weighted by Crippen LogP contribution is -2.39. The molecule has 4 nitrogen and oxygen atoms in total. The van der Waals surface area contributed by atoms with E-state index in [4.69, 9.17) is 0 Å². The Hall–Kier alpha value is -1.16. The van der Waals surface area contributed by atoms with Crippen molar-refractivity contribution in [3.05, 3.63) is 28.2 Å². The van der Waals surface area contributed by atoms with E-state index in [-0.39, 0.29) is 5.56 Å². The Balaban J connectivity index is 2.11. The zero-order chi connectivity index (χ0) is 11.5. The van der Waals surface area contributed by atoms with Gasteiger partial charge in [0.15, 0.2) is 0 Å². The summed E-state index contributed by atoms with van der Waals surface area (Å²) in [6, 6.07) is 3.76. The molecule has 1 fully saturated rings. The fraction of sp³-hybridized carbons (Fsp3) is 0.667. The Morgan fingerprint density at radius 3 is 2.94 bits per heavy atom. The molecule has 1 aromatic heterocycles. The fourth-order valence-corrected chi connectivity index (χ4v) is 2.01. The van der Waals surface area contributed by atoms with Gasteiger partial charge in [0.2, 0.25) is 0 Å². The Labute approximate surface area is 95.7 Å². The number of nitrogens with one attached hydrogen (secondary N) is 1. The minimum Gasteiger partial charge on any atom is -0.312 e. The molecule has 4 heteroatoms. The van der Waals surface area contributed by atoms with Crippen molar-refractivity contribution < 1.29 is 0 Å². The van der Waals surface area contributed by atoms with E-state index < -0.39 is 0 Å². The van der Waals surface area contributed by atoms with Crippen LogP contribution in [0.2, 0.25) is 0 Å². The maximum Gasteiger partial charge on any atom is 0.266 e. The topological polar surface area (TPSA) is 46.9 Å². The lowest BCUT2D eigenvalue weighted by molar-refractivity contribution is 0.386. The predicted molar refractivity (Wildman–Crippen MR) is 63.4 cm³/mol. The van der Waals surface area contributed by atoms with Crippen LogP contribution in [0.25, 0.3) is 0 Å². The molecule has 1 aliphatic rings. The summed E-state index contributed by atoms with van der Waals surface area (Å²) in [5.74, 6) is 0.731. The van der Waals surface area contributed by atoms with E-state index >= 15 is 0 Å². The number of nitrogens with zero attached hydrogens (tertiary/aromatic N) is 2. The quantitative estimate of drug-likeness (QED) is 0.805. The minimum atomic E-state index is -0.00541. The van der Waals surface area contributed by atoms with E-state index in [9.17, 15) is 4.79 Å². The Morgan fingerprint density at radius 1 is 1.56 bits per heavy atom. The number of likely N-dealkylation sites (N-methyl/N-ethyl adjacent to an activating group) is 1. The standard InChI is InChI=1S/C12H19N3O/c1-3-13-11(10-5-6-10)8-15-12(16)7-4-9(2)14-15/h4,7,10-11,13H,3,5-6,8H2,1-2H3. The number of hydrogen-bond donors (Lipinski definition) is 1. The van der Waals surface area contributed by atoms with Crippen molar-refractivity contribution in [2.45, 2.75) is 39.3 Å². The summed E-state index contributed by atoms with van der Waals surface area (Å²) in [7, 11) is 0. The first-order valence-corrected chi connectivity index (χ1v) is 5.99. The fourth-order valence-electron chi connectivity index (χ4n) is 2.01. The molecule has 1 N–H and O–H groups in total. The van der Waals surface area contributed by atoms with Crippen LogP contribution in [0.15, 0.2) is 16.9 Å². The third-order valence-electron chi connectivity index (χ3n) is 3.03. The van der Waals surface area contributed by atoms with Gasteiger partial charge in [0.25, 0.3) is 5.56 Å². The number of aromatic nitrogens is 2. The molecule has 1 atom stereocenters. The van der Waals surface area contributed by atoms with E-state index in [0.29, 0.717) is 12.6 Å². The van der Waals surface area contributed by atoms with Crippen molar-refractivity contribution in [3.8, 4) is 0 Å². The van der Waals surface area contributed by atoms with Crippen molar-refractivity contribution in [2.24, 2.45) is 5.92 Å². The third kappa shape index (κ3) is 2.70. The summed E-state index contributed by atoms with van der Waals surface area (Å²) < 4.78 is 1.58. The maximum atomic E-state index is 11.6. The molecule has 0 aliphatic heterocycles. The van der Waals surface area contributed by atoms with Crippen LogP contribution in [-0.4, -0.2) is 22.4 Å². The molecule has 1 saturated carbocycles. The van der Waals surface area contributed by atoms with E-state index in [1.165, 1.54) is 12.8 Å². The van der Waals surface area contributed by atoms with Gasteiger partial charge < -0.3 is 5.32 Å². The molecular weight excluding hydrogens is 202 g/mol. The summed E-state index contributed by atoms with van der Waals surface area (Å²) in [5, 5.41) is 7.71. The summed E-state index contributed by atoms with van der Waals surface area (Å²) in [4.78, 5) is 11.6. The van der Waals surface area contributed by atoms with Gasteiger partial charge >= 0.3 is 0 Å². The molecule has 0 aromatic carbocycles. The zero-order valence-corrected chi connectivity index (χ0v) is 9.94. The molecule has 1 unspecified atom stereocenters. The van der Waals surface area contributed by atoms with Crippen molar-refractivity contribution in [2.75, 3.05) is 6.54 Å². The van der Waals surface area contributed by atoms with Crippen LogP contribution in [0.4, 0.5) is 0 Å². The lowest BCUT2D eigenvalue weighted by atomic mass is 10.2. The van der Waals surface area contributed by atoms with Crippen LogP contribution < -0.4 is 10.9 Å². The molecule has 0 radical (unpaired) electrons. The highest BCUT2D eigenvalue weighted by molar-refractivity contribution is 4.98. The van der Waals surface area contributed by atoms with Crippen molar-refractivity contribution in [3.63, 3.8) is 0 Å². The molecule has 0 saturated heterocycles. The first kappa shape index (κ1) is 11.3. The van der Waals surface area contributed by atoms with Gasteiger partial charge in [-0.05, 0) is 38.3 Å². The molecule has 2 rings (SSSR count). The highest BCUT2D eigenvalue weighted by Gasteiger charge is 2.31. The van der Waals surface area contributed by atoms with Crippen molar-refractivity contribution in [1.82, 2.24) is 15.1 Å². The molecule has 1 aliphatic carbocycles. The zero-order valence-electron chi connectivity index (χ0n) is 9.94. The molecule has 0 spiro atoms. The molecular formula is C12H19N3O. The van der Waals surface area contributed by atoms with Crippen molar-refractivity contribution in [1.29, 1.82) is 0 Å². The molecule has 0 bridgehead atoms. The van der Waals surface area contributed by atoms with Gasteiger partial charge in [-0.2, -0.15) is 5.10 Å². The molecule has 0 amide bonds. The van der Waals surface area contributed by atoms with E-state index in [1.54, 1.807) is 16.8 Å². The van der Waals surface area contributed by atoms with Gasteiger partial charge in [-0.15, -0.1) is 0 Å². The van der Waals surface area contributed by atoms with Gasteiger partial charge in [0, 0.05) is 12.1 Å². The van der Waals surface area contributed by atoms with Gasteiger partial charge in [0.05, 0.1) is 12.2 Å². The largest absolute Gasteiger partial charge is 0.312 e.